The van der Waals surface area contributed by atoms with E-state index < -0.39 is 10.0 Å². The number of benzene rings is 2. The van der Waals surface area contributed by atoms with Crippen molar-refractivity contribution in [1.29, 1.82) is 0 Å². The Hall–Kier alpha value is -3.03. The quantitative estimate of drug-likeness (QED) is 0.709. The zero-order valence-corrected chi connectivity index (χ0v) is 15.5. The van der Waals surface area contributed by atoms with Gasteiger partial charge in [-0.1, -0.05) is 42.5 Å². The number of aryl methyl sites for hydroxylation is 1. The highest BCUT2D eigenvalue weighted by molar-refractivity contribution is 7.89. The molecule has 1 heterocycles. The van der Waals surface area contributed by atoms with Gasteiger partial charge in [-0.25, -0.2) is 13.6 Å². The van der Waals surface area contributed by atoms with Crippen molar-refractivity contribution < 1.29 is 13.2 Å². The van der Waals surface area contributed by atoms with Crippen LogP contribution in [0.1, 0.15) is 21.6 Å². The Morgan fingerprint density at radius 2 is 1.67 bits per heavy atom. The summed E-state index contributed by atoms with van der Waals surface area (Å²) >= 11 is 0. The molecular weight excluding hydrogens is 362 g/mol. The molecule has 0 aliphatic heterocycles. The molecule has 1 amide bonds. The summed E-state index contributed by atoms with van der Waals surface area (Å²) in [4.78, 5) is 17.0. The van der Waals surface area contributed by atoms with Gasteiger partial charge in [0.05, 0.1) is 21.8 Å². The molecule has 0 radical (unpaired) electrons. The second-order valence-electron chi connectivity index (χ2n) is 6.07. The van der Waals surface area contributed by atoms with Crippen molar-refractivity contribution in [3.05, 3.63) is 83.6 Å². The fraction of sp³-hybridized carbons (Fsp3) is 0.100. The van der Waals surface area contributed by atoms with Gasteiger partial charge in [-0.3, -0.25) is 9.78 Å². The number of nitrogens with one attached hydrogen (secondary N) is 1. The Balaban J connectivity index is 1.69. The van der Waals surface area contributed by atoms with Gasteiger partial charge < -0.3 is 5.32 Å². The maximum atomic E-state index is 12.4. The first-order valence-electron chi connectivity index (χ1n) is 8.27. The summed E-state index contributed by atoms with van der Waals surface area (Å²) in [6, 6.07) is 19.4. The van der Waals surface area contributed by atoms with Crippen LogP contribution in [0, 0.1) is 6.92 Å². The third kappa shape index (κ3) is 4.58. The van der Waals surface area contributed by atoms with Gasteiger partial charge in [0.25, 0.3) is 5.91 Å². The van der Waals surface area contributed by atoms with E-state index in [1.807, 2.05) is 36.4 Å². The molecule has 0 aliphatic carbocycles. The van der Waals surface area contributed by atoms with E-state index >= 15 is 0 Å². The molecule has 2 aromatic carbocycles. The zero-order valence-electron chi connectivity index (χ0n) is 14.7. The summed E-state index contributed by atoms with van der Waals surface area (Å²) in [6.07, 6.45) is 0. The molecule has 0 aliphatic rings. The van der Waals surface area contributed by atoms with Crippen LogP contribution in [-0.4, -0.2) is 19.3 Å². The van der Waals surface area contributed by atoms with E-state index in [1.165, 1.54) is 12.1 Å². The molecule has 3 aromatic rings. The summed E-state index contributed by atoms with van der Waals surface area (Å²) in [5, 5.41) is 7.89. The van der Waals surface area contributed by atoms with E-state index in [1.54, 1.807) is 25.1 Å². The third-order valence-corrected chi connectivity index (χ3v) is 5.03. The van der Waals surface area contributed by atoms with Crippen LogP contribution in [0.15, 0.2) is 71.6 Å². The van der Waals surface area contributed by atoms with Gasteiger partial charge in [-0.15, -0.1) is 0 Å². The molecule has 1 aromatic heterocycles. The average Bonchev–Trinajstić information content (AvgIpc) is 2.66. The van der Waals surface area contributed by atoms with E-state index in [4.69, 9.17) is 5.14 Å². The number of nitrogens with two attached hydrogens (primary N) is 1. The summed E-state index contributed by atoms with van der Waals surface area (Å²) in [5.41, 5.74) is 3.70. The lowest BCUT2D eigenvalue weighted by Gasteiger charge is -2.09. The number of primary sulfonamides is 1. The number of hydrogen-bond donors (Lipinski definition) is 2. The molecular formula is C20H19N3O3S. The van der Waals surface area contributed by atoms with E-state index in [-0.39, 0.29) is 17.3 Å². The van der Waals surface area contributed by atoms with Crippen molar-refractivity contribution in [1.82, 2.24) is 10.3 Å². The number of hydrogen-bond acceptors (Lipinski definition) is 4. The molecule has 6 nitrogen and oxygen atoms in total. The lowest BCUT2D eigenvalue weighted by atomic mass is 10.1. The predicted octanol–water partition coefficient (Wildman–Crippen LogP) is 2.63. The molecule has 0 fully saturated rings. The monoisotopic (exact) mass is 381 g/mol. The Morgan fingerprint density at radius 3 is 2.26 bits per heavy atom. The number of carbonyl (C=O) groups excluding carboxylic acids is 1. The molecule has 0 atom stereocenters. The first-order chi connectivity index (χ1) is 12.8. The molecule has 3 rings (SSSR count). The first kappa shape index (κ1) is 18.8. The van der Waals surface area contributed by atoms with Crippen LogP contribution in [0.5, 0.6) is 0 Å². The Kier molecular flexibility index (Phi) is 5.34. The van der Waals surface area contributed by atoms with Crippen molar-refractivity contribution in [2.75, 3.05) is 0 Å². The molecule has 3 N–H and O–H groups in total. The maximum absolute atomic E-state index is 12.4. The van der Waals surface area contributed by atoms with Crippen LogP contribution in [-0.2, 0) is 16.6 Å². The number of pyridine rings is 1. The zero-order chi connectivity index (χ0) is 19.4. The van der Waals surface area contributed by atoms with Gasteiger partial charge in [0.2, 0.25) is 10.0 Å². The van der Waals surface area contributed by atoms with Crippen LogP contribution in [0.2, 0.25) is 0 Å². The minimum atomic E-state index is -3.72. The molecule has 0 saturated heterocycles. The van der Waals surface area contributed by atoms with Crippen LogP contribution < -0.4 is 10.5 Å². The Labute approximate surface area is 158 Å². The fourth-order valence-corrected chi connectivity index (χ4v) is 3.16. The molecule has 27 heavy (non-hydrogen) atoms. The number of nitrogens with zero attached hydrogens (tertiary/aromatic N) is 1. The number of sulfonamides is 1. The molecule has 7 heteroatoms. The van der Waals surface area contributed by atoms with E-state index in [2.05, 4.69) is 10.3 Å². The Bertz CT molecular complexity index is 1060. The van der Waals surface area contributed by atoms with Gasteiger partial charge in [-0.05, 0) is 36.8 Å². The number of carbonyl (C=O) groups is 1. The van der Waals surface area contributed by atoms with Crippen LogP contribution in [0.4, 0.5) is 0 Å². The van der Waals surface area contributed by atoms with E-state index in [9.17, 15) is 13.2 Å². The van der Waals surface area contributed by atoms with Crippen molar-refractivity contribution in [2.45, 2.75) is 18.4 Å². The van der Waals surface area contributed by atoms with Crippen LogP contribution in [0.3, 0.4) is 0 Å². The maximum Gasteiger partial charge on any atom is 0.253 e. The number of amides is 1. The largest absolute Gasteiger partial charge is 0.348 e. The first-order valence-corrected chi connectivity index (χ1v) is 9.82. The fourth-order valence-electron chi connectivity index (χ4n) is 2.65. The molecule has 0 bridgehead atoms. The van der Waals surface area contributed by atoms with E-state index in [0.717, 1.165) is 16.8 Å². The third-order valence-electron chi connectivity index (χ3n) is 4.10. The molecule has 138 valence electrons. The lowest BCUT2D eigenvalue weighted by molar-refractivity contribution is 0.0950. The number of aromatic nitrogens is 1. The summed E-state index contributed by atoms with van der Waals surface area (Å²) in [5.74, 6) is -0.241. The van der Waals surface area contributed by atoms with Crippen LogP contribution >= 0.6 is 0 Å². The van der Waals surface area contributed by atoms with Crippen LogP contribution in [0.25, 0.3) is 11.3 Å². The minimum Gasteiger partial charge on any atom is -0.348 e. The SMILES string of the molecule is Cc1nc(-c2ccccc2)ccc1C(=O)NCc1ccc(S(N)(=O)=O)cc1. The summed E-state index contributed by atoms with van der Waals surface area (Å²) in [6.45, 7) is 2.06. The molecule has 0 unspecified atom stereocenters. The van der Waals surface area contributed by atoms with Crippen molar-refractivity contribution >= 4 is 15.9 Å². The second-order valence-corrected chi connectivity index (χ2v) is 7.63. The van der Waals surface area contributed by atoms with Gasteiger partial charge in [-0.2, -0.15) is 0 Å². The Morgan fingerprint density at radius 1 is 1.00 bits per heavy atom. The highest BCUT2D eigenvalue weighted by Crippen LogP contribution is 2.18. The van der Waals surface area contributed by atoms with Gasteiger partial charge in [0.1, 0.15) is 0 Å². The average molecular weight is 381 g/mol. The number of rotatable bonds is 5. The van der Waals surface area contributed by atoms with Crippen molar-refractivity contribution in [3.63, 3.8) is 0 Å². The van der Waals surface area contributed by atoms with Gasteiger partial charge >= 0.3 is 0 Å². The topological polar surface area (TPSA) is 102 Å². The van der Waals surface area contributed by atoms with Crippen molar-refractivity contribution in [2.24, 2.45) is 5.14 Å². The van der Waals surface area contributed by atoms with Gasteiger partial charge in [0, 0.05) is 12.1 Å². The van der Waals surface area contributed by atoms with E-state index in [0.29, 0.717) is 11.3 Å². The predicted molar refractivity (Wildman–Crippen MR) is 103 cm³/mol. The second kappa shape index (κ2) is 7.69. The molecule has 0 spiro atoms. The highest BCUT2D eigenvalue weighted by Gasteiger charge is 2.12. The summed E-state index contributed by atoms with van der Waals surface area (Å²) < 4.78 is 22.5. The van der Waals surface area contributed by atoms with Gasteiger partial charge in [0.15, 0.2) is 0 Å². The molecule has 0 saturated carbocycles. The normalized spacial score (nSPS) is 11.2. The standard InChI is InChI=1S/C20H19N3O3S/c1-14-18(11-12-19(23-14)16-5-3-2-4-6-16)20(24)22-13-15-7-9-17(10-8-15)27(21,25)26/h2-12H,13H2,1H3,(H,22,24)(H2,21,25,26). The minimum absolute atomic E-state index is 0.0362. The lowest BCUT2D eigenvalue weighted by Crippen LogP contribution is -2.24. The highest BCUT2D eigenvalue weighted by atomic mass is 32.2. The van der Waals surface area contributed by atoms with Crippen molar-refractivity contribution in [3.8, 4) is 11.3 Å². The smallest absolute Gasteiger partial charge is 0.253 e. The summed E-state index contributed by atoms with van der Waals surface area (Å²) in [7, 11) is -3.72.